The highest BCUT2D eigenvalue weighted by Crippen LogP contribution is 2.32. The molecular formula is C19H24N2O2S. The van der Waals surface area contributed by atoms with E-state index in [0.717, 1.165) is 35.7 Å². The largest absolute Gasteiger partial charge is 0.496 e. The minimum atomic E-state index is -0.00474. The maximum Gasteiger partial charge on any atom is 0.264 e. The van der Waals surface area contributed by atoms with Gasteiger partial charge in [0.25, 0.3) is 5.91 Å². The van der Waals surface area contributed by atoms with Gasteiger partial charge in [-0.3, -0.25) is 4.79 Å². The van der Waals surface area contributed by atoms with Gasteiger partial charge in [-0.15, -0.1) is 11.3 Å². The molecule has 1 fully saturated rings. The number of rotatable bonds is 4. The SMILES string of the molecule is CCc1sc(C(=O)N2CCNCC2c2ccccc2OC)cc1C. The van der Waals surface area contributed by atoms with E-state index < -0.39 is 0 Å². The molecule has 1 aromatic heterocycles. The molecule has 0 spiro atoms. The van der Waals surface area contributed by atoms with E-state index in [9.17, 15) is 4.79 Å². The number of piperazine rings is 1. The first-order valence-corrected chi connectivity index (χ1v) is 9.21. The van der Waals surface area contributed by atoms with Crippen molar-refractivity contribution in [1.29, 1.82) is 0 Å². The van der Waals surface area contributed by atoms with Gasteiger partial charge < -0.3 is 15.0 Å². The number of hydrogen-bond acceptors (Lipinski definition) is 4. The Morgan fingerprint density at radius 3 is 2.92 bits per heavy atom. The van der Waals surface area contributed by atoms with E-state index >= 15 is 0 Å². The molecule has 1 atom stereocenters. The van der Waals surface area contributed by atoms with Crippen LogP contribution in [0.25, 0.3) is 0 Å². The first-order valence-electron chi connectivity index (χ1n) is 8.39. The van der Waals surface area contributed by atoms with Gasteiger partial charge in [0.1, 0.15) is 5.75 Å². The lowest BCUT2D eigenvalue weighted by Crippen LogP contribution is -2.48. The molecule has 0 saturated carbocycles. The zero-order valence-electron chi connectivity index (χ0n) is 14.5. The van der Waals surface area contributed by atoms with Crippen LogP contribution in [0.5, 0.6) is 5.75 Å². The van der Waals surface area contributed by atoms with Crippen LogP contribution in [0.15, 0.2) is 30.3 Å². The van der Waals surface area contributed by atoms with Crippen LogP contribution < -0.4 is 10.1 Å². The lowest BCUT2D eigenvalue weighted by molar-refractivity contribution is 0.0636. The average Bonchev–Trinajstić information content (AvgIpc) is 3.02. The molecule has 1 unspecified atom stereocenters. The van der Waals surface area contributed by atoms with Crippen molar-refractivity contribution in [3.8, 4) is 5.75 Å². The summed E-state index contributed by atoms with van der Waals surface area (Å²) in [6.07, 6.45) is 0.973. The molecule has 128 valence electrons. The number of benzene rings is 1. The minimum Gasteiger partial charge on any atom is -0.496 e. The van der Waals surface area contributed by atoms with Crippen LogP contribution >= 0.6 is 11.3 Å². The number of nitrogens with zero attached hydrogens (tertiary/aromatic N) is 1. The molecule has 1 N–H and O–H groups in total. The summed E-state index contributed by atoms with van der Waals surface area (Å²) in [4.78, 5) is 17.3. The topological polar surface area (TPSA) is 41.6 Å². The average molecular weight is 344 g/mol. The zero-order chi connectivity index (χ0) is 17.1. The lowest BCUT2D eigenvalue weighted by atomic mass is 10.0. The van der Waals surface area contributed by atoms with E-state index in [2.05, 4.69) is 19.2 Å². The van der Waals surface area contributed by atoms with Crippen molar-refractivity contribution in [1.82, 2.24) is 10.2 Å². The van der Waals surface area contributed by atoms with Gasteiger partial charge in [-0.25, -0.2) is 0 Å². The van der Waals surface area contributed by atoms with Crippen LogP contribution in [0.2, 0.25) is 0 Å². The number of methoxy groups -OCH3 is 1. The summed E-state index contributed by atoms with van der Waals surface area (Å²) in [6.45, 7) is 6.50. The summed E-state index contributed by atoms with van der Waals surface area (Å²) in [5.41, 5.74) is 2.28. The third-order valence-corrected chi connectivity index (χ3v) is 5.92. The Morgan fingerprint density at radius 2 is 2.21 bits per heavy atom. The highest BCUT2D eigenvalue weighted by atomic mass is 32.1. The molecule has 5 heteroatoms. The lowest BCUT2D eigenvalue weighted by Gasteiger charge is -2.36. The molecule has 4 nitrogen and oxygen atoms in total. The van der Waals surface area contributed by atoms with Gasteiger partial charge >= 0.3 is 0 Å². The van der Waals surface area contributed by atoms with Gasteiger partial charge in [0, 0.05) is 30.1 Å². The molecule has 0 aliphatic carbocycles. The van der Waals surface area contributed by atoms with Crippen molar-refractivity contribution in [2.45, 2.75) is 26.3 Å². The van der Waals surface area contributed by atoms with Gasteiger partial charge in [0.15, 0.2) is 0 Å². The molecule has 24 heavy (non-hydrogen) atoms. The number of nitrogens with one attached hydrogen (secondary N) is 1. The fourth-order valence-corrected chi connectivity index (χ4v) is 4.35. The quantitative estimate of drug-likeness (QED) is 0.924. The molecule has 0 bridgehead atoms. The maximum atomic E-state index is 13.1. The Kier molecular flexibility index (Phi) is 5.21. The molecule has 1 amide bonds. The normalized spacial score (nSPS) is 17.8. The number of thiophene rings is 1. The summed E-state index contributed by atoms with van der Waals surface area (Å²) >= 11 is 1.63. The van der Waals surface area contributed by atoms with Gasteiger partial charge in [-0.2, -0.15) is 0 Å². The first kappa shape index (κ1) is 17.0. The molecular weight excluding hydrogens is 320 g/mol. The molecule has 2 aromatic rings. The zero-order valence-corrected chi connectivity index (χ0v) is 15.3. The van der Waals surface area contributed by atoms with Crippen molar-refractivity contribution in [2.24, 2.45) is 0 Å². The smallest absolute Gasteiger partial charge is 0.264 e. The second kappa shape index (κ2) is 7.36. The van der Waals surface area contributed by atoms with E-state index in [1.807, 2.05) is 35.2 Å². The summed E-state index contributed by atoms with van der Waals surface area (Å²) in [5.74, 6) is 0.959. The molecule has 0 radical (unpaired) electrons. The summed E-state index contributed by atoms with van der Waals surface area (Å²) in [5, 5.41) is 3.40. The second-order valence-electron chi connectivity index (χ2n) is 6.03. The van der Waals surface area contributed by atoms with E-state index in [1.54, 1.807) is 18.4 Å². The molecule has 1 aromatic carbocycles. The number of amides is 1. The Balaban J connectivity index is 1.93. The van der Waals surface area contributed by atoms with Gasteiger partial charge in [0.2, 0.25) is 0 Å². The Hall–Kier alpha value is -1.85. The third kappa shape index (κ3) is 3.19. The number of hydrogen-bond donors (Lipinski definition) is 1. The van der Waals surface area contributed by atoms with Crippen LogP contribution in [0.4, 0.5) is 0 Å². The Bertz CT molecular complexity index is 726. The standard InChI is InChI=1S/C19H24N2O2S/c1-4-17-13(2)11-18(24-17)19(22)21-10-9-20-12-15(21)14-7-5-6-8-16(14)23-3/h5-8,11,15,20H,4,9-10,12H2,1-3H3. The van der Waals surface area contributed by atoms with Gasteiger partial charge in [-0.05, 0) is 31.0 Å². The van der Waals surface area contributed by atoms with Crippen molar-refractivity contribution >= 4 is 17.2 Å². The highest BCUT2D eigenvalue weighted by Gasteiger charge is 2.31. The summed E-state index contributed by atoms with van der Waals surface area (Å²) < 4.78 is 5.51. The fraction of sp³-hybridized carbons (Fsp3) is 0.421. The Morgan fingerprint density at radius 1 is 1.42 bits per heavy atom. The fourth-order valence-electron chi connectivity index (χ4n) is 3.28. The maximum absolute atomic E-state index is 13.1. The monoisotopic (exact) mass is 344 g/mol. The van der Waals surface area contributed by atoms with E-state index in [4.69, 9.17) is 4.74 Å². The highest BCUT2D eigenvalue weighted by molar-refractivity contribution is 7.14. The van der Waals surface area contributed by atoms with Crippen LogP contribution in [-0.4, -0.2) is 37.6 Å². The molecule has 2 heterocycles. The molecule has 1 saturated heterocycles. The van der Waals surface area contributed by atoms with Crippen LogP contribution in [0, 0.1) is 6.92 Å². The number of para-hydroxylation sites is 1. The third-order valence-electron chi connectivity index (χ3n) is 4.55. The van der Waals surface area contributed by atoms with Gasteiger partial charge in [-0.1, -0.05) is 25.1 Å². The summed E-state index contributed by atoms with van der Waals surface area (Å²) in [7, 11) is 1.68. The summed E-state index contributed by atoms with van der Waals surface area (Å²) in [6, 6.07) is 9.99. The number of ether oxygens (including phenoxy) is 1. The molecule has 1 aliphatic rings. The number of aryl methyl sites for hydroxylation is 2. The second-order valence-corrected chi connectivity index (χ2v) is 7.17. The minimum absolute atomic E-state index is 0.00474. The molecule has 3 rings (SSSR count). The number of carbonyl (C=O) groups is 1. The van der Waals surface area contributed by atoms with Gasteiger partial charge in [0.05, 0.1) is 18.0 Å². The van der Waals surface area contributed by atoms with Crippen molar-refractivity contribution in [2.75, 3.05) is 26.7 Å². The van der Waals surface area contributed by atoms with E-state index in [1.165, 1.54) is 10.4 Å². The molecule has 1 aliphatic heterocycles. The predicted molar refractivity (Wildman–Crippen MR) is 98.1 cm³/mol. The van der Waals surface area contributed by atoms with Crippen molar-refractivity contribution in [3.05, 3.63) is 51.2 Å². The van der Waals surface area contributed by atoms with E-state index in [-0.39, 0.29) is 11.9 Å². The van der Waals surface area contributed by atoms with Crippen LogP contribution in [0.3, 0.4) is 0 Å². The predicted octanol–water partition coefficient (Wildman–Crippen LogP) is 3.41. The first-order chi connectivity index (χ1) is 11.7. The van der Waals surface area contributed by atoms with Crippen molar-refractivity contribution < 1.29 is 9.53 Å². The van der Waals surface area contributed by atoms with Crippen LogP contribution in [-0.2, 0) is 6.42 Å². The van der Waals surface area contributed by atoms with E-state index in [0.29, 0.717) is 6.54 Å². The number of carbonyl (C=O) groups excluding carboxylic acids is 1. The van der Waals surface area contributed by atoms with Crippen molar-refractivity contribution in [3.63, 3.8) is 0 Å². The van der Waals surface area contributed by atoms with Crippen LogP contribution in [0.1, 0.15) is 38.6 Å². The Labute approximate surface area is 147 Å².